The molecule has 0 amide bonds. The highest BCUT2D eigenvalue weighted by molar-refractivity contribution is 6.30. The smallest absolute Gasteiger partial charge is 0.191 e. The Hall–Kier alpha value is -2.80. The lowest BCUT2D eigenvalue weighted by Crippen LogP contribution is -2.41. The molecule has 3 aromatic rings. The lowest BCUT2D eigenvalue weighted by Gasteiger charge is -2.20. The highest BCUT2D eigenvalue weighted by Gasteiger charge is 2.14. The molecule has 154 valence electrons. The molecule has 8 heteroatoms. The van der Waals surface area contributed by atoms with Gasteiger partial charge in [-0.15, -0.1) is 0 Å². The molecular formula is C21H28ClN7. The van der Waals surface area contributed by atoms with Crippen molar-refractivity contribution in [1.82, 2.24) is 30.0 Å². The van der Waals surface area contributed by atoms with Gasteiger partial charge in [0.2, 0.25) is 0 Å². The molecule has 0 aliphatic heterocycles. The van der Waals surface area contributed by atoms with Crippen LogP contribution in [0.4, 0.5) is 0 Å². The van der Waals surface area contributed by atoms with Crippen molar-refractivity contribution in [3.8, 4) is 0 Å². The van der Waals surface area contributed by atoms with E-state index < -0.39 is 0 Å². The van der Waals surface area contributed by atoms with E-state index in [1.54, 1.807) is 13.2 Å². The molecule has 0 saturated carbocycles. The molecule has 2 heterocycles. The maximum Gasteiger partial charge on any atom is 0.191 e. The van der Waals surface area contributed by atoms with E-state index in [1.807, 2.05) is 60.5 Å². The van der Waals surface area contributed by atoms with E-state index in [0.29, 0.717) is 6.54 Å². The monoisotopic (exact) mass is 413 g/mol. The predicted molar refractivity (Wildman–Crippen MR) is 117 cm³/mol. The second-order valence-corrected chi connectivity index (χ2v) is 7.24. The quantitative estimate of drug-likeness (QED) is 0.321. The Kier molecular flexibility index (Phi) is 7.69. The summed E-state index contributed by atoms with van der Waals surface area (Å²) in [5.41, 5.74) is 1.14. The maximum atomic E-state index is 6.04. The number of nitrogens with zero attached hydrogens (tertiary/aromatic N) is 5. The lowest BCUT2D eigenvalue weighted by molar-refractivity contribution is 0.509. The zero-order valence-electron chi connectivity index (χ0n) is 16.9. The molecule has 0 aliphatic rings. The zero-order chi connectivity index (χ0) is 20.5. The van der Waals surface area contributed by atoms with Crippen LogP contribution in [0, 0.1) is 6.92 Å². The number of hydrogen-bond donors (Lipinski definition) is 2. The molecule has 0 radical (unpaired) electrons. The molecule has 1 unspecified atom stereocenters. The van der Waals surface area contributed by atoms with Crippen LogP contribution in [0.5, 0.6) is 0 Å². The normalized spacial score (nSPS) is 12.7. The van der Waals surface area contributed by atoms with Crippen molar-refractivity contribution >= 4 is 17.6 Å². The third kappa shape index (κ3) is 6.09. The van der Waals surface area contributed by atoms with Gasteiger partial charge in [0.05, 0.1) is 6.04 Å². The summed E-state index contributed by atoms with van der Waals surface area (Å²) in [6.45, 7) is 4.54. The first-order valence-electron chi connectivity index (χ1n) is 9.84. The van der Waals surface area contributed by atoms with E-state index >= 15 is 0 Å². The summed E-state index contributed by atoms with van der Waals surface area (Å²) in [5.74, 6) is 1.84. The largest absolute Gasteiger partial charge is 0.356 e. The van der Waals surface area contributed by atoms with Crippen molar-refractivity contribution in [1.29, 1.82) is 0 Å². The van der Waals surface area contributed by atoms with E-state index in [-0.39, 0.29) is 6.04 Å². The van der Waals surface area contributed by atoms with Crippen LogP contribution in [0.2, 0.25) is 5.02 Å². The van der Waals surface area contributed by atoms with Gasteiger partial charge in [0.1, 0.15) is 5.82 Å². The van der Waals surface area contributed by atoms with Crippen LogP contribution < -0.4 is 10.6 Å². The first-order chi connectivity index (χ1) is 14.2. The van der Waals surface area contributed by atoms with Crippen LogP contribution in [-0.4, -0.2) is 45.4 Å². The van der Waals surface area contributed by atoms with Crippen molar-refractivity contribution in [3.63, 3.8) is 0 Å². The molecule has 1 atom stereocenters. The molecule has 2 aromatic heterocycles. The summed E-state index contributed by atoms with van der Waals surface area (Å²) >= 11 is 6.04. The van der Waals surface area contributed by atoms with Crippen LogP contribution in [0.15, 0.2) is 60.1 Å². The summed E-state index contributed by atoms with van der Waals surface area (Å²) in [6, 6.07) is 9.85. The van der Waals surface area contributed by atoms with Gasteiger partial charge in [-0.2, -0.15) is 5.10 Å². The van der Waals surface area contributed by atoms with Crippen molar-refractivity contribution in [2.75, 3.05) is 20.1 Å². The van der Waals surface area contributed by atoms with Crippen LogP contribution in [0.3, 0.4) is 0 Å². The zero-order valence-corrected chi connectivity index (χ0v) is 17.7. The molecule has 0 spiro atoms. The molecule has 7 nitrogen and oxygen atoms in total. The van der Waals surface area contributed by atoms with Crippen molar-refractivity contribution in [2.45, 2.75) is 32.4 Å². The Bertz CT molecular complexity index is 884. The predicted octanol–water partition coefficient (Wildman–Crippen LogP) is 3.28. The van der Waals surface area contributed by atoms with Gasteiger partial charge in [-0.3, -0.25) is 9.67 Å². The molecular weight excluding hydrogens is 386 g/mol. The number of hydrogen-bond acceptors (Lipinski definition) is 3. The van der Waals surface area contributed by atoms with Gasteiger partial charge in [0.25, 0.3) is 0 Å². The molecule has 0 bridgehead atoms. The fourth-order valence-electron chi connectivity index (χ4n) is 3.18. The molecule has 3 rings (SSSR count). The first-order valence-corrected chi connectivity index (χ1v) is 10.2. The third-order valence-electron chi connectivity index (χ3n) is 4.83. The molecule has 0 fully saturated rings. The number of nitrogens with one attached hydrogen (secondary N) is 2. The number of halogens is 1. The van der Waals surface area contributed by atoms with Crippen LogP contribution >= 0.6 is 11.6 Å². The number of unbranched alkanes of at least 4 members (excludes halogenated alkanes) is 1. The van der Waals surface area contributed by atoms with Crippen molar-refractivity contribution < 1.29 is 0 Å². The topological polar surface area (TPSA) is 72.1 Å². The number of guanidine groups is 1. The molecule has 2 N–H and O–H groups in total. The van der Waals surface area contributed by atoms with E-state index in [1.165, 1.54) is 0 Å². The second kappa shape index (κ2) is 10.7. The Morgan fingerprint density at radius 1 is 1.14 bits per heavy atom. The van der Waals surface area contributed by atoms with Gasteiger partial charge >= 0.3 is 0 Å². The van der Waals surface area contributed by atoms with Gasteiger partial charge < -0.3 is 15.2 Å². The fraction of sp³-hybridized carbons (Fsp3) is 0.381. The van der Waals surface area contributed by atoms with Gasteiger partial charge in [-0.25, -0.2) is 4.98 Å². The molecule has 1 aromatic carbocycles. The van der Waals surface area contributed by atoms with E-state index in [2.05, 4.69) is 30.3 Å². The number of benzene rings is 1. The number of imidazole rings is 1. The average molecular weight is 414 g/mol. The summed E-state index contributed by atoms with van der Waals surface area (Å²) in [5, 5.41) is 11.9. The minimum absolute atomic E-state index is 0.0463. The molecule has 0 aliphatic carbocycles. The Morgan fingerprint density at radius 2 is 1.97 bits per heavy atom. The van der Waals surface area contributed by atoms with E-state index in [0.717, 1.165) is 48.3 Å². The lowest BCUT2D eigenvalue weighted by atomic mass is 10.1. The van der Waals surface area contributed by atoms with Gasteiger partial charge in [0.15, 0.2) is 5.96 Å². The first kappa shape index (κ1) is 20.9. The standard InChI is InChI=1S/C21H28ClN7/c1-17-24-12-15-28(17)13-4-3-10-25-21(23-2)26-16-20(29-14-5-11-27-29)18-6-8-19(22)9-7-18/h5-9,11-12,14-15,20H,3-4,10,13,16H2,1-2H3,(H2,23,25,26). The summed E-state index contributed by atoms with van der Waals surface area (Å²) in [6.07, 6.45) is 9.76. The number of aliphatic imine (C=N–C) groups is 1. The maximum absolute atomic E-state index is 6.04. The van der Waals surface area contributed by atoms with E-state index in [9.17, 15) is 0 Å². The highest BCUT2D eigenvalue weighted by Crippen LogP contribution is 2.19. The molecule has 0 saturated heterocycles. The second-order valence-electron chi connectivity index (χ2n) is 6.81. The van der Waals surface area contributed by atoms with E-state index in [4.69, 9.17) is 11.6 Å². The third-order valence-corrected chi connectivity index (χ3v) is 5.08. The summed E-state index contributed by atoms with van der Waals surface area (Å²) < 4.78 is 4.12. The minimum Gasteiger partial charge on any atom is -0.356 e. The number of aromatic nitrogens is 4. The van der Waals surface area contributed by atoms with Crippen LogP contribution in [-0.2, 0) is 6.54 Å². The average Bonchev–Trinajstić information content (AvgIpc) is 3.40. The highest BCUT2D eigenvalue weighted by atomic mass is 35.5. The van der Waals surface area contributed by atoms with Gasteiger partial charge in [0, 0.05) is 56.5 Å². The summed E-state index contributed by atoms with van der Waals surface area (Å²) in [4.78, 5) is 8.59. The number of rotatable bonds is 9. The van der Waals surface area contributed by atoms with Crippen molar-refractivity contribution in [2.24, 2.45) is 4.99 Å². The minimum atomic E-state index is 0.0463. The molecule has 29 heavy (non-hydrogen) atoms. The Balaban J connectivity index is 1.48. The van der Waals surface area contributed by atoms with Crippen LogP contribution in [0.25, 0.3) is 0 Å². The van der Waals surface area contributed by atoms with Crippen LogP contribution in [0.1, 0.15) is 30.3 Å². The van der Waals surface area contributed by atoms with Gasteiger partial charge in [-0.05, 0) is 43.5 Å². The van der Waals surface area contributed by atoms with Crippen molar-refractivity contribution in [3.05, 3.63) is 71.5 Å². The SMILES string of the molecule is CN=C(NCCCCn1ccnc1C)NCC(c1ccc(Cl)cc1)n1cccn1. The van der Waals surface area contributed by atoms with Gasteiger partial charge in [-0.1, -0.05) is 23.7 Å². The summed E-state index contributed by atoms with van der Waals surface area (Å²) in [7, 11) is 1.79. The number of aryl methyl sites for hydroxylation is 2. The Morgan fingerprint density at radius 3 is 2.62 bits per heavy atom. The fourth-order valence-corrected chi connectivity index (χ4v) is 3.31. The Labute approximate surface area is 176 Å².